The minimum absolute atomic E-state index is 0.0112. The van der Waals surface area contributed by atoms with Gasteiger partial charge >= 0.3 is 5.97 Å². The molecule has 0 radical (unpaired) electrons. The number of hydrogen-bond acceptors (Lipinski definition) is 3. The largest absolute Gasteiger partial charge is 0.449 e. The lowest BCUT2D eigenvalue weighted by Gasteiger charge is -2.18. The molecule has 1 amide bonds. The van der Waals surface area contributed by atoms with E-state index in [1.54, 1.807) is 25.1 Å². The van der Waals surface area contributed by atoms with Gasteiger partial charge in [0.05, 0.1) is 21.7 Å². The maximum atomic E-state index is 12.9. The third-order valence-corrected chi connectivity index (χ3v) is 4.18. The second kappa shape index (κ2) is 8.32. The van der Waals surface area contributed by atoms with Crippen LogP contribution >= 0.6 is 23.2 Å². The van der Waals surface area contributed by atoms with Gasteiger partial charge in [-0.15, -0.1) is 0 Å². The van der Waals surface area contributed by atoms with Crippen molar-refractivity contribution in [3.63, 3.8) is 0 Å². The van der Waals surface area contributed by atoms with Crippen molar-refractivity contribution in [2.45, 2.75) is 26.0 Å². The molecule has 0 aromatic heterocycles. The lowest BCUT2D eigenvalue weighted by molar-refractivity contribution is -0.129. The minimum Gasteiger partial charge on any atom is -0.449 e. The fraction of sp³-hybridized carbons (Fsp3) is 0.222. The van der Waals surface area contributed by atoms with Crippen LogP contribution in [-0.2, 0) is 9.53 Å². The third kappa shape index (κ3) is 4.94. The summed E-state index contributed by atoms with van der Waals surface area (Å²) >= 11 is 11.9. The van der Waals surface area contributed by atoms with E-state index in [1.807, 2.05) is 0 Å². The number of benzene rings is 2. The fourth-order valence-corrected chi connectivity index (χ4v) is 2.68. The van der Waals surface area contributed by atoms with Crippen LogP contribution in [0.15, 0.2) is 42.5 Å². The quantitative estimate of drug-likeness (QED) is 0.770. The third-order valence-electron chi connectivity index (χ3n) is 3.55. The van der Waals surface area contributed by atoms with E-state index in [-0.39, 0.29) is 27.5 Å². The molecule has 2 unspecified atom stereocenters. The molecule has 0 saturated carbocycles. The van der Waals surface area contributed by atoms with Crippen molar-refractivity contribution in [2.24, 2.45) is 0 Å². The Labute approximate surface area is 154 Å². The molecule has 0 aliphatic carbocycles. The van der Waals surface area contributed by atoms with E-state index < -0.39 is 18.0 Å². The van der Waals surface area contributed by atoms with Crippen molar-refractivity contribution < 1.29 is 18.7 Å². The maximum absolute atomic E-state index is 12.9. The molecule has 0 aliphatic heterocycles. The zero-order valence-electron chi connectivity index (χ0n) is 13.6. The second-order valence-electron chi connectivity index (χ2n) is 5.43. The molecule has 132 valence electrons. The van der Waals surface area contributed by atoms with Crippen molar-refractivity contribution >= 4 is 35.1 Å². The van der Waals surface area contributed by atoms with Crippen LogP contribution in [0.25, 0.3) is 0 Å². The molecule has 0 heterocycles. The lowest BCUT2D eigenvalue weighted by Crippen LogP contribution is -2.37. The normalized spacial score (nSPS) is 13.0. The molecule has 0 spiro atoms. The summed E-state index contributed by atoms with van der Waals surface area (Å²) in [5, 5.41) is 2.98. The van der Waals surface area contributed by atoms with E-state index in [9.17, 15) is 14.0 Å². The summed E-state index contributed by atoms with van der Waals surface area (Å²) in [7, 11) is 0. The summed E-state index contributed by atoms with van der Waals surface area (Å²) in [5.41, 5.74) is 0.736. The number of rotatable bonds is 5. The van der Waals surface area contributed by atoms with Gasteiger partial charge in [0, 0.05) is 0 Å². The SMILES string of the molecule is CC(OC(=O)c1c(Cl)cccc1Cl)C(=O)NC(C)c1ccc(F)cc1. The van der Waals surface area contributed by atoms with E-state index in [1.165, 1.54) is 31.2 Å². The van der Waals surface area contributed by atoms with Gasteiger partial charge in [-0.05, 0) is 43.7 Å². The molecule has 2 aromatic carbocycles. The van der Waals surface area contributed by atoms with E-state index >= 15 is 0 Å². The predicted octanol–water partition coefficient (Wildman–Crippen LogP) is 4.56. The van der Waals surface area contributed by atoms with Crippen LogP contribution < -0.4 is 5.32 Å². The Morgan fingerprint density at radius 1 is 1.04 bits per heavy atom. The summed E-state index contributed by atoms with van der Waals surface area (Å²) in [6.45, 7) is 3.18. The van der Waals surface area contributed by atoms with E-state index in [4.69, 9.17) is 27.9 Å². The first-order chi connectivity index (χ1) is 11.8. The van der Waals surface area contributed by atoms with Gasteiger partial charge < -0.3 is 10.1 Å². The lowest BCUT2D eigenvalue weighted by atomic mass is 10.1. The Hall–Kier alpha value is -2.11. The first-order valence-electron chi connectivity index (χ1n) is 7.50. The van der Waals surface area contributed by atoms with Gasteiger partial charge in [0.2, 0.25) is 0 Å². The molecule has 25 heavy (non-hydrogen) atoms. The van der Waals surface area contributed by atoms with Gasteiger partial charge in [-0.2, -0.15) is 0 Å². The monoisotopic (exact) mass is 383 g/mol. The standard InChI is InChI=1S/C18H16Cl2FNO3/c1-10(12-6-8-13(21)9-7-12)22-17(23)11(2)25-18(24)16-14(19)4-3-5-15(16)20/h3-11H,1-2H3,(H,22,23). The Balaban J connectivity index is 2.00. The first kappa shape index (κ1) is 19.2. The molecule has 0 saturated heterocycles. The molecule has 0 bridgehead atoms. The number of nitrogens with one attached hydrogen (secondary N) is 1. The molecule has 7 heteroatoms. The molecular formula is C18H16Cl2FNO3. The molecule has 0 aliphatic rings. The van der Waals surface area contributed by atoms with Crippen LogP contribution in [-0.4, -0.2) is 18.0 Å². The maximum Gasteiger partial charge on any atom is 0.341 e. The first-order valence-corrected chi connectivity index (χ1v) is 8.26. The van der Waals surface area contributed by atoms with Crippen LogP contribution in [0.5, 0.6) is 0 Å². The second-order valence-corrected chi connectivity index (χ2v) is 6.24. The van der Waals surface area contributed by atoms with Crippen molar-refractivity contribution in [2.75, 3.05) is 0 Å². The number of carbonyl (C=O) groups is 2. The van der Waals surface area contributed by atoms with Gasteiger partial charge in [-0.3, -0.25) is 4.79 Å². The number of amides is 1. The van der Waals surface area contributed by atoms with E-state index in [0.717, 1.165) is 5.56 Å². The zero-order chi connectivity index (χ0) is 18.6. The molecule has 4 nitrogen and oxygen atoms in total. The van der Waals surface area contributed by atoms with E-state index in [0.29, 0.717) is 0 Å². The van der Waals surface area contributed by atoms with Crippen molar-refractivity contribution in [3.8, 4) is 0 Å². The summed E-state index contributed by atoms with van der Waals surface area (Å²) in [5.74, 6) is -1.64. The van der Waals surface area contributed by atoms with Gasteiger partial charge in [0.1, 0.15) is 5.82 Å². The highest BCUT2D eigenvalue weighted by Crippen LogP contribution is 2.25. The number of ether oxygens (including phenoxy) is 1. The topological polar surface area (TPSA) is 55.4 Å². The van der Waals surface area contributed by atoms with Crippen LogP contribution in [0.1, 0.15) is 35.8 Å². The Morgan fingerprint density at radius 3 is 2.16 bits per heavy atom. The summed E-state index contributed by atoms with van der Waals surface area (Å²) in [6.07, 6.45) is -1.05. The van der Waals surface area contributed by atoms with Crippen LogP contribution in [0.2, 0.25) is 10.0 Å². The van der Waals surface area contributed by atoms with Crippen LogP contribution in [0.4, 0.5) is 4.39 Å². The summed E-state index contributed by atoms with van der Waals surface area (Å²) < 4.78 is 18.1. The molecule has 1 N–H and O–H groups in total. The predicted molar refractivity (Wildman–Crippen MR) is 94.3 cm³/mol. The number of halogens is 3. The van der Waals surface area contributed by atoms with Gasteiger partial charge in [-0.25, -0.2) is 9.18 Å². The smallest absolute Gasteiger partial charge is 0.341 e. The highest BCUT2D eigenvalue weighted by atomic mass is 35.5. The van der Waals surface area contributed by atoms with Gasteiger partial charge in [-0.1, -0.05) is 41.4 Å². The number of hydrogen-bond donors (Lipinski definition) is 1. The zero-order valence-corrected chi connectivity index (χ0v) is 15.1. The molecule has 2 rings (SSSR count). The van der Waals surface area contributed by atoms with Gasteiger partial charge in [0.25, 0.3) is 5.91 Å². The Kier molecular flexibility index (Phi) is 6.39. The van der Waals surface area contributed by atoms with Gasteiger partial charge in [0.15, 0.2) is 6.10 Å². The van der Waals surface area contributed by atoms with Crippen molar-refractivity contribution in [1.29, 1.82) is 0 Å². The fourth-order valence-electron chi connectivity index (χ4n) is 2.13. The summed E-state index contributed by atoms with van der Waals surface area (Å²) in [4.78, 5) is 24.4. The molecular weight excluding hydrogens is 368 g/mol. The number of esters is 1. The average Bonchev–Trinajstić information content (AvgIpc) is 2.55. The Bertz CT molecular complexity index is 760. The highest BCUT2D eigenvalue weighted by Gasteiger charge is 2.23. The number of carbonyl (C=O) groups excluding carboxylic acids is 2. The van der Waals surface area contributed by atoms with Crippen LogP contribution in [0, 0.1) is 5.82 Å². The molecule has 2 aromatic rings. The Morgan fingerprint density at radius 2 is 1.60 bits per heavy atom. The van der Waals surface area contributed by atoms with Crippen molar-refractivity contribution in [3.05, 3.63) is 69.5 Å². The molecule has 2 atom stereocenters. The minimum atomic E-state index is -1.05. The van der Waals surface area contributed by atoms with E-state index in [2.05, 4.69) is 5.32 Å². The summed E-state index contributed by atoms with van der Waals surface area (Å²) in [6, 6.07) is 9.99. The van der Waals surface area contributed by atoms with Crippen LogP contribution in [0.3, 0.4) is 0 Å². The highest BCUT2D eigenvalue weighted by molar-refractivity contribution is 6.39. The van der Waals surface area contributed by atoms with Crippen molar-refractivity contribution in [1.82, 2.24) is 5.32 Å². The molecule has 0 fully saturated rings. The average molecular weight is 384 g/mol.